The molecule has 2 atom stereocenters. The van der Waals surface area contributed by atoms with Crippen LogP contribution in [-0.2, 0) is 12.7 Å². The fourth-order valence-corrected chi connectivity index (χ4v) is 17.4. The first-order chi connectivity index (χ1) is 6.91. The summed E-state index contributed by atoms with van der Waals surface area (Å²) in [6, 6.07) is 0. The van der Waals surface area contributed by atoms with Gasteiger partial charge in [0.1, 0.15) is 7.59 Å². The maximum absolute atomic E-state index is 6.26. The lowest BCUT2D eigenvalue weighted by Gasteiger charge is -2.39. The molecule has 2 unspecified atom stereocenters. The minimum atomic E-state index is -1.99. The summed E-state index contributed by atoms with van der Waals surface area (Å²) < 4.78 is 18.1. The summed E-state index contributed by atoms with van der Waals surface area (Å²) in [5.74, 6) is 0. The van der Waals surface area contributed by atoms with Crippen molar-refractivity contribution in [3.63, 3.8) is 0 Å². The van der Waals surface area contributed by atoms with E-state index in [1.54, 1.807) is 7.11 Å². The zero-order chi connectivity index (χ0) is 13.2. The molecule has 0 aromatic heterocycles. The van der Waals surface area contributed by atoms with Gasteiger partial charge >= 0.3 is 8.08 Å². The van der Waals surface area contributed by atoms with Crippen LogP contribution in [0.3, 0.4) is 0 Å². The highest BCUT2D eigenvalue weighted by atomic mass is 29.3. The van der Waals surface area contributed by atoms with Gasteiger partial charge in [0.25, 0.3) is 9.28 Å². The van der Waals surface area contributed by atoms with E-state index in [1.165, 1.54) is 0 Å². The van der Waals surface area contributed by atoms with E-state index >= 15 is 0 Å². The van der Waals surface area contributed by atoms with E-state index in [9.17, 15) is 0 Å². The zero-order valence-corrected chi connectivity index (χ0v) is 16.5. The second kappa shape index (κ2) is 11.3. The van der Waals surface area contributed by atoms with Gasteiger partial charge in [-0.15, -0.1) is 0 Å². The van der Waals surface area contributed by atoms with Gasteiger partial charge in [-0.2, -0.15) is 0 Å². The monoisotopic (exact) mass is 360 g/mol. The first-order valence-corrected chi connectivity index (χ1v) is 18.1. The molecule has 0 N–H and O–H groups in total. The van der Waals surface area contributed by atoms with Gasteiger partial charge in [-0.05, 0) is 32.7 Å². The quantitative estimate of drug-likeness (QED) is 0.595. The fraction of sp³-hybridized carbons (Fsp3) is 1.00. The highest BCUT2D eigenvalue weighted by Crippen LogP contribution is 2.22. The van der Waals surface area contributed by atoms with E-state index in [1.807, 2.05) is 0 Å². The van der Waals surface area contributed by atoms with Crippen molar-refractivity contribution in [2.24, 2.45) is 0 Å². The minimum absolute atomic E-state index is 0. The largest absolute Gasteiger partial charge is 0.439 e. The molecule has 0 aromatic rings. The van der Waals surface area contributed by atoms with Crippen molar-refractivity contribution in [3.05, 3.63) is 0 Å². The molecule has 0 aliphatic rings. The first-order valence-electron chi connectivity index (χ1n) is 5.82. The molecule has 0 fully saturated rings. The minimum Gasteiger partial charge on any atom is -0.439 e. The van der Waals surface area contributed by atoms with Gasteiger partial charge in [-0.1, -0.05) is 49.3 Å². The lowest BCUT2D eigenvalue weighted by molar-refractivity contribution is 0.304. The molecule has 7 heteroatoms. The molecule has 0 aromatic carbocycles. The van der Waals surface area contributed by atoms with Crippen molar-refractivity contribution in [3.8, 4) is 0 Å². The van der Waals surface area contributed by atoms with E-state index in [0.29, 0.717) is 0 Å². The normalized spacial score (nSPS) is 15.4. The Hall–Kier alpha value is 0.748. The van der Waals surface area contributed by atoms with Crippen LogP contribution in [0.5, 0.6) is 0 Å². The Morgan fingerprint density at radius 1 is 0.700 bits per heavy atom. The Labute approximate surface area is 135 Å². The molecule has 130 valence electrons. The maximum atomic E-state index is 6.26. The molecular formula is C13H44O3Si4. The van der Waals surface area contributed by atoms with Gasteiger partial charge in [0.15, 0.2) is 8.32 Å². The molecule has 0 saturated heterocycles. The summed E-state index contributed by atoms with van der Waals surface area (Å²) in [5.41, 5.74) is 0. The Morgan fingerprint density at radius 2 is 1.05 bits per heavy atom. The number of hydrogen-bond acceptors (Lipinski definition) is 3. The second-order valence-corrected chi connectivity index (χ2v) is 27.6. The Kier molecular flexibility index (Phi) is 18.5. The summed E-state index contributed by atoms with van der Waals surface area (Å²) in [6.45, 7) is 17.9. The molecule has 20 heavy (non-hydrogen) atoms. The van der Waals surface area contributed by atoms with Crippen LogP contribution in [0.1, 0.15) is 29.7 Å². The van der Waals surface area contributed by atoms with Gasteiger partial charge in [0.05, 0.1) is 0 Å². The van der Waals surface area contributed by atoms with Gasteiger partial charge in [-0.3, -0.25) is 0 Å². The van der Waals surface area contributed by atoms with Gasteiger partial charge in [0, 0.05) is 7.11 Å². The van der Waals surface area contributed by atoms with Crippen molar-refractivity contribution >= 4 is 33.3 Å². The van der Waals surface area contributed by atoms with Crippen LogP contribution in [0.4, 0.5) is 0 Å². The molecule has 0 saturated carbocycles. The molecule has 0 amide bonds. The molecule has 0 rings (SSSR count). The summed E-state index contributed by atoms with van der Waals surface area (Å²) in [7, 11) is -4.59. The van der Waals surface area contributed by atoms with Gasteiger partial charge in [0.2, 0.25) is 0 Å². The average Bonchev–Trinajstić information content (AvgIpc) is 1.97. The van der Waals surface area contributed by atoms with E-state index in [0.717, 1.165) is 0 Å². The predicted octanol–water partition coefficient (Wildman–Crippen LogP) is 5.38. The smallest absolute Gasteiger partial charge is 0.303 e. The van der Waals surface area contributed by atoms with Crippen LogP contribution in [0.25, 0.3) is 0 Å². The van der Waals surface area contributed by atoms with Crippen LogP contribution in [0, 0.1) is 0 Å². The number of rotatable bonds is 6. The highest BCUT2D eigenvalue weighted by Gasteiger charge is 2.46. The summed E-state index contributed by atoms with van der Waals surface area (Å²) >= 11 is 0. The molecule has 0 radical (unpaired) electrons. The molecular weight excluding hydrogens is 316 g/mol. The highest BCUT2D eigenvalue weighted by molar-refractivity contribution is 7.36. The Bertz CT molecular complexity index is 227. The predicted molar refractivity (Wildman–Crippen MR) is 107 cm³/mol. The van der Waals surface area contributed by atoms with Crippen molar-refractivity contribution in [1.82, 2.24) is 0 Å². The lowest BCUT2D eigenvalue weighted by Crippen LogP contribution is -2.62. The fourth-order valence-electron chi connectivity index (χ4n) is 1.37. The molecule has 0 bridgehead atoms. The second-order valence-electron chi connectivity index (χ2n) is 6.32. The van der Waals surface area contributed by atoms with Gasteiger partial charge < -0.3 is 12.7 Å². The van der Waals surface area contributed by atoms with E-state index in [4.69, 9.17) is 12.7 Å². The van der Waals surface area contributed by atoms with Crippen LogP contribution >= 0.6 is 0 Å². The lowest BCUT2D eigenvalue weighted by atomic mass is 11.8. The molecule has 0 spiro atoms. The van der Waals surface area contributed by atoms with Crippen LogP contribution in [-0.4, -0.2) is 40.4 Å². The molecule has 0 aliphatic carbocycles. The van der Waals surface area contributed by atoms with Crippen molar-refractivity contribution in [2.45, 2.75) is 82.1 Å². The summed E-state index contributed by atoms with van der Waals surface area (Å²) in [4.78, 5) is 0. The van der Waals surface area contributed by atoms with Crippen LogP contribution < -0.4 is 0 Å². The Balaban J connectivity index is -0.000000187. The van der Waals surface area contributed by atoms with E-state index in [-0.39, 0.29) is 29.7 Å². The molecule has 3 nitrogen and oxygen atoms in total. The van der Waals surface area contributed by atoms with Gasteiger partial charge in [-0.25, -0.2) is 0 Å². The summed E-state index contributed by atoms with van der Waals surface area (Å²) in [5, 5.41) is 0. The maximum Gasteiger partial charge on any atom is 0.303 e. The molecule has 0 aliphatic heterocycles. The third-order valence-corrected chi connectivity index (χ3v) is 23.3. The Morgan fingerprint density at radius 3 is 1.25 bits per heavy atom. The van der Waals surface area contributed by atoms with E-state index in [2.05, 4.69) is 52.4 Å². The van der Waals surface area contributed by atoms with Crippen LogP contribution in [0.15, 0.2) is 0 Å². The average molecular weight is 361 g/mol. The van der Waals surface area contributed by atoms with Crippen LogP contribution in [0.2, 0.25) is 52.4 Å². The van der Waals surface area contributed by atoms with Crippen molar-refractivity contribution < 1.29 is 12.7 Å². The van der Waals surface area contributed by atoms with Crippen molar-refractivity contribution in [2.75, 3.05) is 7.11 Å². The summed E-state index contributed by atoms with van der Waals surface area (Å²) in [6.07, 6.45) is 0. The third kappa shape index (κ3) is 11.4. The SMILES string of the molecule is C.C.C.C.CO[Si](C)(O[SiH](C)O[Si](C)(C)C)[Si](C)(C)C. The van der Waals surface area contributed by atoms with E-state index < -0.39 is 33.3 Å². The first kappa shape index (κ1) is 32.6. The zero-order valence-electron chi connectivity index (χ0n) is 12.3. The molecule has 0 heterocycles. The van der Waals surface area contributed by atoms with Crippen molar-refractivity contribution in [1.29, 1.82) is 0 Å². The topological polar surface area (TPSA) is 27.7 Å². The number of hydrogen-bond donors (Lipinski definition) is 0. The standard InChI is InChI=1S/C9H28O3Si4.4CH4/c1-10-16(9,15(6,7)8)12-13(2)11-14(3,4)5;;;;/h13H,1-9H3;4*1H4. The third-order valence-electron chi connectivity index (χ3n) is 2.66.